The predicted octanol–water partition coefficient (Wildman–Crippen LogP) is 2.60. The number of carbonyl (C=O) groups excluding carboxylic acids is 1. The zero-order valence-corrected chi connectivity index (χ0v) is 13.7. The molecule has 2 aromatic rings. The Morgan fingerprint density at radius 3 is 2.76 bits per heavy atom. The van der Waals surface area contributed by atoms with E-state index in [4.69, 9.17) is 10.5 Å². The summed E-state index contributed by atoms with van der Waals surface area (Å²) in [6.07, 6.45) is 1.40. The molecule has 0 saturated carbocycles. The molecule has 2 N–H and O–H groups in total. The number of nitrogen functional groups attached to an aromatic ring is 1. The molecular formula is C13H16N4O2S2. The van der Waals surface area contributed by atoms with Crippen LogP contribution in [0, 0.1) is 13.8 Å². The maximum atomic E-state index is 11.6. The van der Waals surface area contributed by atoms with Gasteiger partial charge in [0, 0.05) is 11.1 Å². The SMILES string of the molecule is CCOC(=O)c1cnc(SCc2nc(C)c(C)s2)nc1N. The number of hydrogen-bond donors (Lipinski definition) is 1. The summed E-state index contributed by atoms with van der Waals surface area (Å²) in [5, 5.41) is 1.54. The van der Waals surface area contributed by atoms with Gasteiger partial charge in [0.1, 0.15) is 16.4 Å². The first-order chi connectivity index (χ1) is 10.0. The van der Waals surface area contributed by atoms with Crippen molar-refractivity contribution in [1.82, 2.24) is 15.0 Å². The van der Waals surface area contributed by atoms with Crippen molar-refractivity contribution in [2.24, 2.45) is 0 Å². The van der Waals surface area contributed by atoms with Crippen molar-refractivity contribution >= 4 is 34.9 Å². The Morgan fingerprint density at radius 1 is 1.43 bits per heavy atom. The first-order valence-corrected chi connectivity index (χ1v) is 8.16. The van der Waals surface area contributed by atoms with Gasteiger partial charge < -0.3 is 10.5 Å². The highest BCUT2D eigenvalue weighted by Crippen LogP contribution is 2.25. The van der Waals surface area contributed by atoms with Crippen LogP contribution in [0.25, 0.3) is 0 Å². The Hall–Kier alpha value is -1.67. The number of hydrogen-bond acceptors (Lipinski definition) is 8. The number of rotatable bonds is 5. The quantitative estimate of drug-likeness (QED) is 0.513. The van der Waals surface area contributed by atoms with E-state index in [1.807, 2.05) is 13.8 Å². The topological polar surface area (TPSA) is 91.0 Å². The molecule has 0 aliphatic heterocycles. The molecule has 0 saturated heterocycles. The lowest BCUT2D eigenvalue weighted by molar-refractivity contribution is 0.0526. The van der Waals surface area contributed by atoms with Gasteiger partial charge >= 0.3 is 5.97 Å². The standard InChI is InChI=1S/C13H16N4O2S2/c1-4-19-12(18)9-5-15-13(17-11(9)14)20-6-10-16-7(2)8(3)21-10/h5H,4,6H2,1-3H3,(H2,14,15,17). The number of aryl methyl sites for hydroxylation is 2. The lowest BCUT2D eigenvalue weighted by Crippen LogP contribution is -2.10. The fraction of sp³-hybridized carbons (Fsp3) is 0.385. The third-order valence-electron chi connectivity index (χ3n) is 2.69. The lowest BCUT2D eigenvalue weighted by Gasteiger charge is -2.05. The molecule has 6 nitrogen and oxygen atoms in total. The van der Waals surface area contributed by atoms with Crippen LogP contribution in [-0.4, -0.2) is 27.5 Å². The van der Waals surface area contributed by atoms with E-state index >= 15 is 0 Å². The van der Waals surface area contributed by atoms with E-state index in [1.165, 1.54) is 22.8 Å². The average Bonchev–Trinajstić information content (AvgIpc) is 2.76. The number of thioether (sulfide) groups is 1. The fourth-order valence-electron chi connectivity index (χ4n) is 1.54. The summed E-state index contributed by atoms with van der Waals surface area (Å²) in [4.78, 5) is 25.5. The molecule has 2 aromatic heterocycles. The minimum absolute atomic E-state index is 0.137. The Labute approximate surface area is 131 Å². The Bertz CT molecular complexity index is 638. The molecular weight excluding hydrogens is 308 g/mol. The van der Waals surface area contributed by atoms with E-state index in [-0.39, 0.29) is 18.0 Å². The molecule has 2 rings (SSSR count). The third-order valence-corrected chi connectivity index (χ3v) is 4.82. The zero-order chi connectivity index (χ0) is 15.4. The molecule has 0 radical (unpaired) electrons. The van der Waals surface area contributed by atoms with E-state index in [2.05, 4.69) is 15.0 Å². The largest absolute Gasteiger partial charge is 0.462 e. The van der Waals surface area contributed by atoms with Crippen molar-refractivity contribution in [3.63, 3.8) is 0 Å². The number of aromatic nitrogens is 3. The summed E-state index contributed by atoms with van der Waals surface area (Å²) in [7, 11) is 0. The first-order valence-electron chi connectivity index (χ1n) is 6.36. The molecule has 0 aliphatic carbocycles. The van der Waals surface area contributed by atoms with Crippen LogP contribution in [0.15, 0.2) is 11.4 Å². The third kappa shape index (κ3) is 3.92. The van der Waals surface area contributed by atoms with Crippen LogP contribution >= 0.6 is 23.1 Å². The summed E-state index contributed by atoms with van der Waals surface area (Å²) in [5.74, 6) is 0.313. The average molecular weight is 324 g/mol. The number of nitrogens with zero attached hydrogens (tertiary/aromatic N) is 3. The van der Waals surface area contributed by atoms with Crippen LogP contribution < -0.4 is 5.73 Å². The van der Waals surface area contributed by atoms with Gasteiger partial charge in [-0.05, 0) is 20.8 Å². The summed E-state index contributed by atoms with van der Waals surface area (Å²) < 4.78 is 4.88. The van der Waals surface area contributed by atoms with Gasteiger partial charge in [-0.3, -0.25) is 0 Å². The van der Waals surface area contributed by atoms with Gasteiger partial charge in [0.15, 0.2) is 5.16 Å². The maximum Gasteiger partial charge on any atom is 0.343 e. The molecule has 0 spiro atoms. The smallest absolute Gasteiger partial charge is 0.343 e. The molecule has 0 atom stereocenters. The molecule has 0 aromatic carbocycles. The molecule has 112 valence electrons. The fourth-order valence-corrected chi connectivity index (χ4v) is 3.29. The summed E-state index contributed by atoms with van der Waals surface area (Å²) in [5.41, 5.74) is 7.02. The monoisotopic (exact) mass is 324 g/mol. The van der Waals surface area contributed by atoms with E-state index in [0.717, 1.165) is 10.7 Å². The van der Waals surface area contributed by atoms with Crippen LogP contribution in [0.5, 0.6) is 0 Å². The van der Waals surface area contributed by atoms with Gasteiger partial charge in [0.2, 0.25) is 0 Å². The molecule has 0 unspecified atom stereocenters. The Kier molecular flexibility index (Phi) is 5.13. The number of carbonyl (C=O) groups is 1. The number of anilines is 1. The van der Waals surface area contributed by atoms with E-state index in [0.29, 0.717) is 10.9 Å². The summed E-state index contributed by atoms with van der Waals surface area (Å²) in [6.45, 7) is 6.06. The van der Waals surface area contributed by atoms with Crippen LogP contribution in [0.2, 0.25) is 0 Å². The first kappa shape index (κ1) is 15.7. The number of thiazole rings is 1. The second-order valence-corrected chi connectivity index (χ2v) is 6.44. The van der Waals surface area contributed by atoms with E-state index in [9.17, 15) is 4.79 Å². The van der Waals surface area contributed by atoms with Gasteiger partial charge in [-0.2, -0.15) is 0 Å². The minimum Gasteiger partial charge on any atom is -0.462 e. The van der Waals surface area contributed by atoms with Crippen molar-refractivity contribution in [3.05, 3.63) is 27.3 Å². The predicted molar refractivity (Wildman–Crippen MR) is 83.5 cm³/mol. The van der Waals surface area contributed by atoms with Crippen molar-refractivity contribution in [2.45, 2.75) is 31.7 Å². The van der Waals surface area contributed by atoms with Crippen molar-refractivity contribution in [3.8, 4) is 0 Å². The Balaban J connectivity index is 2.04. The molecule has 21 heavy (non-hydrogen) atoms. The molecule has 8 heteroatoms. The molecule has 0 fully saturated rings. The highest BCUT2D eigenvalue weighted by atomic mass is 32.2. The number of ether oxygens (including phenoxy) is 1. The zero-order valence-electron chi connectivity index (χ0n) is 12.0. The van der Waals surface area contributed by atoms with Crippen LogP contribution in [0.1, 0.15) is 32.9 Å². The van der Waals surface area contributed by atoms with Gasteiger partial charge in [0.05, 0.1) is 18.1 Å². The maximum absolute atomic E-state index is 11.6. The van der Waals surface area contributed by atoms with Crippen LogP contribution in [-0.2, 0) is 10.5 Å². The Morgan fingerprint density at radius 2 is 2.19 bits per heavy atom. The molecule has 0 amide bonds. The number of esters is 1. The second kappa shape index (κ2) is 6.86. The normalized spacial score (nSPS) is 10.6. The van der Waals surface area contributed by atoms with Crippen LogP contribution in [0.4, 0.5) is 5.82 Å². The minimum atomic E-state index is -0.502. The van der Waals surface area contributed by atoms with Crippen molar-refractivity contribution in [1.29, 1.82) is 0 Å². The van der Waals surface area contributed by atoms with Crippen molar-refractivity contribution in [2.75, 3.05) is 12.3 Å². The second-order valence-electron chi connectivity index (χ2n) is 4.21. The number of nitrogens with two attached hydrogens (primary N) is 1. The van der Waals surface area contributed by atoms with Gasteiger partial charge in [-0.1, -0.05) is 11.8 Å². The van der Waals surface area contributed by atoms with Crippen LogP contribution in [0.3, 0.4) is 0 Å². The summed E-state index contributed by atoms with van der Waals surface area (Å²) in [6, 6.07) is 0. The summed E-state index contributed by atoms with van der Waals surface area (Å²) >= 11 is 3.10. The van der Waals surface area contributed by atoms with Gasteiger partial charge in [-0.15, -0.1) is 11.3 Å². The molecule has 2 heterocycles. The molecule has 0 aliphatic rings. The van der Waals surface area contributed by atoms with Crippen molar-refractivity contribution < 1.29 is 9.53 Å². The highest BCUT2D eigenvalue weighted by Gasteiger charge is 2.14. The highest BCUT2D eigenvalue weighted by molar-refractivity contribution is 7.98. The van der Waals surface area contributed by atoms with E-state index in [1.54, 1.807) is 18.3 Å². The van der Waals surface area contributed by atoms with Gasteiger partial charge in [-0.25, -0.2) is 19.7 Å². The van der Waals surface area contributed by atoms with E-state index < -0.39 is 5.97 Å². The van der Waals surface area contributed by atoms with Gasteiger partial charge in [0.25, 0.3) is 0 Å². The lowest BCUT2D eigenvalue weighted by atomic mass is 10.3. The molecule has 0 bridgehead atoms.